The van der Waals surface area contributed by atoms with Crippen molar-refractivity contribution in [3.8, 4) is 0 Å². The van der Waals surface area contributed by atoms with E-state index in [9.17, 15) is 14.4 Å². The summed E-state index contributed by atoms with van der Waals surface area (Å²) >= 11 is 0. The maximum absolute atomic E-state index is 13.1. The van der Waals surface area contributed by atoms with Gasteiger partial charge in [-0.2, -0.15) is 0 Å². The first-order valence-corrected chi connectivity index (χ1v) is 14.3. The van der Waals surface area contributed by atoms with Crippen molar-refractivity contribution in [1.82, 2.24) is 15.5 Å². The summed E-state index contributed by atoms with van der Waals surface area (Å²) in [6.07, 6.45) is 8.13. The number of amides is 2. The predicted octanol–water partition coefficient (Wildman–Crippen LogP) is 5.01. The molecule has 0 spiro atoms. The van der Waals surface area contributed by atoms with Crippen molar-refractivity contribution in [3.05, 3.63) is 35.9 Å². The molecule has 0 bridgehead atoms. The molecule has 2 aliphatic rings. The van der Waals surface area contributed by atoms with Crippen molar-refractivity contribution in [2.24, 2.45) is 11.8 Å². The lowest BCUT2D eigenvalue weighted by Gasteiger charge is -2.34. The molecule has 0 aromatic heterocycles. The molecule has 0 unspecified atom stereocenters. The molecule has 8 nitrogen and oxygen atoms in total. The molecule has 0 saturated carbocycles. The Hall–Kier alpha value is -2.61. The number of piperidine rings is 2. The average Bonchev–Trinajstić information content (AvgIpc) is 2.88. The second kappa shape index (κ2) is 16.4. The second-order valence-electron chi connectivity index (χ2n) is 11.6. The van der Waals surface area contributed by atoms with Gasteiger partial charge in [0.15, 0.2) is 0 Å². The zero-order valence-corrected chi connectivity index (χ0v) is 23.8. The summed E-state index contributed by atoms with van der Waals surface area (Å²) in [5.74, 6) is 0.733. The van der Waals surface area contributed by atoms with Crippen LogP contribution >= 0.6 is 0 Å². The van der Waals surface area contributed by atoms with Crippen LogP contribution in [-0.4, -0.2) is 65.8 Å². The standard InChI is InChI=1S/C22H41N3O3.C8H8O2/c1-5-17-11-15-25(16-12-17)20(26)19(24-21(27)28-22(2,3)4)8-6-7-18-9-13-23-14-10-18;9-8(10)6-7-4-2-1-3-5-7/h17-19,23H,5-16H2,1-4H3,(H,24,27);1-5H,6H2,(H,9,10)/t19-;/m0./s1. The van der Waals surface area contributed by atoms with Gasteiger partial charge in [0.05, 0.1) is 6.42 Å². The molecule has 2 amide bonds. The fourth-order valence-electron chi connectivity index (χ4n) is 5.04. The summed E-state index contributed by atoms with van der Waals surface area (Å²) in [6, 6.07) is 8.65. The molecule has 2 fully saturated rings. The minimum absolute atomic E-state index is 0.0609. The van der Waals surface area contributed by atoms with Gasteiger partial charge in [0.1, 0.15) is 11.6 Å². The van der Waals surface area contributed by atoms with E-state index in [1.165, 1.54) is 19.3 Å². The number of aliphatic carboxylic acids is 1. The van der Waals surface area contributed by atoms with Crippen molar-refractivity contribution in [3.63, 3.8) is 0 Å². The van der Waals surface area contributed by atoms with Crippen LogP contribution in [0.4, 0.5) is 4.79 Å². The molecule has 38 heavy (non-hydrogen) atoms. The summed E-state index contributed by atoms with van der Waals surface area (Å²) in [5.41, 5.74) is 0.279. The Bertz CT molecular complexity index is 841. The zero-order valence-electron chi connectivity index (χ0n) is 23.8. The van der Waals surface area contributed by atoms with Gasteiger partial charge in [0.2, 0.25) is 5.91 Å². The first kappa shape index (κ1) is 31.6. The number of carboxylic acids is 1. The van der Waals surface area contributed by atoms with Crippen LogP contribution in [0.5, 0.6) is 0 Å². The van der Waals surface area contributed by atoms with Gasteiger partial charge in [-0.1, -0.05) is 56.5 Å². The highest BCUT2D eigenvalue weighted by Gasteiger charge is 2.30. The number of alkyl carbamates (subject to hydrolysis) is 1. The summed E-state index contributed by atoms with van der Waals surface area (Å²) in [5, 5.41) is 14.6. The van der Waals surface area contributed by atoms with Crippen molar-refractivity contribution in [2.75, 3.05) is 26.2 Å². The van der Waals surface area contributed by atoms with E-state index < -0.39 is 23.7 Å². The lowest BCUT2D eigenvalue weighted by atomic mass is 9.91. The van der Waals surface area contributed by atoms with Crippen LogP contribution in [0.2, 0.25) is 0 Å². The summed E-state index contributed by atoms with van der Waals surface area (Å²) < 4.78 is 5.41. The normalized spacial score (nSPS) is 17.6. The molecule has 8 heteroatoms. The molecule has 0 aliphatic carbocycles. The molecule has 3 N–H and O–H groups in total. The molecule has 0 radical (unpaired) electrons. The molecule has 1 aromatic rings. The van der Waals surface area contributed by atoms with Crippen molar-refractivity contribution in [2.45, 2.75) is 97.1 Å². The number of nitrogens with zero attached hydrogens (tertiary/aromatic N) is 1. The van der Waals surface area contributed by atoms with Gasteiger partial charge in [-0.3, -0.25) is 9.59 Å². The summed E-state index contributed by atoms with van der Waals surface area (Å²) in [7, 11) is 0. The first-order chi connectivity index (χ1) is 18.1. The van der Waals surface area contributed by atoms with E-state index in [0.29, 0.717) is 6.42 Å². The number of hydrogen-bond acceptors (Lipinski definition) is 5. The van der Waals surface area contributed by atoms with E-state index in [0.717, 1.165) is 69.3 Å². The van der Waals surface area contributed by atoms with Gasteiger partial charge in [-0.15, -0.1) is 0 Å². The summed E-state index contributed by atoms with van der Waals surface area (Å²) in [4.78, 5) is 37.5. The van der Waals surface area contributed by atoms with E-state index in [4.69, 9.17) is 9.84 Å². The van der Waals surface area contributed by atoms with Gasteiger partial charge in [-0.25, -0.2) is 4.79 Å². The lowest BCUT2D eigenvalue weighted by molar-refractivity contribution is -0.136. The van der Waals surface area contributed by atoms with E-state index in [1.807, 2.05) is 43.9 Å². The maximum Gasteiger partial charge on any atom is 0.408 e. The Morgan fingerprint density at radius 3 is 2.24 bits per heavy atom. The third-order valence-corrected chi connectivity index (χ3v) is 7.25. The van der Waals surface area contributed by atoms with Gasteiger partial charge < -0.3 is 25.4 Å². The molecular formula is C30H49N3O5. The van der Waals surface area contributed by atoms with Crippen molar-refractivity contribution >= 4 is 18.0 Å². The minimum atomic E-state index is -0.786. The topological polar surface area (TPSA) is 108 Å². The summed E-state index contributed by atoms with van der Waals surface area (Å²) in [6.45, 7) is 11.5. The first-order valence-electron chi connectivity index (χ1n) is 14.3. The molecule has 3 rings (SSSR count). The Morgan fingerprint density at radius 1 is 1.05 bits per heavy atom. The minimum Gasteiger partial charge on any atom is -0.481 e. The SMILES string of the molecule is CCC1CCN(C(=O)[C@H](CCCC2CCNCC2)NC(=O)OC(C)(C)C)CC1.O=C(O)Cc1ccccc1. The molecule has 2 saturated heterocycles. The van der Waals surface area contributed by atoms with Crippen LogP contribution < -0.4 is 10.6 Å². The van der Waals surface area contributed by atoms with Gasteiger partial charge in [-0.05, 0) is 83.4 Å². The van der Waals surface area contributed by atoms with Crippen molar-refractivity contribution in [1.29, 1.82) is 0 Å². The number of rotatable bonds is 9. The predicted molar refractivity (Wildman–Crippen MR) is 150 cm³/mol. The fourth-order valence-corrected chi connectivity index (χ4v) is 5.04. The van der Waals surface area contributed by atoms with E-state index in [-0.39, 0.29) is 12.3 Å². The monoisotopic (exact) mass is 531 g/mol. The molecule has 214 valence electrons. The van der Waals surface area contributed by atoms with Gasteiger partial charge in [0, 0.05) is 13.1 Å². The Labute approximate surface area is 228 Å². The zero-order chi connectivity index (χ0) is 28.0. The molecule has 2 heterocycles. The Kier molecular flexibility index (Phi) is 13.6. The largest absolute Gasteiger partial charge is 0.481 e. The second-order valence-corrected chi connectivity index (χ2v) is 11.6. The smallest absolute Gasteiger partial charge is 0.408 e. The number of nitrogens with one attached hydrogen (secondary N) is 2. The van der Waals surface area contributed by atoms with Crippen LogP contribution in [0.15, 0.2) is 30.3 Å². The lowest BCUT2D eigenvalue weighted by Crippen LogP contribution is -2.51. The Morgan fingerprint density at radius 2 is 1.68 bits per heavy atom. The van der Waals surface area contributed by atoms with Gasteiger partial charge >= 0.3 is 12.1 Å². The maximum atomic E-state index is 13.1. The quantitative estimate of drug-likeness (QED) is 0.413. The third kappa shape index (κ3) is 12.8. The average molecular weight is 532 g/mol. The number of carboxylic acid groups (broad SMARTS) is 1. The fraction of sp³-hybridized carbons (Fsp3) is 0.700. The van der Waals surface area contributed by atoms with E-state index >= 15 is 0 Å². The van der Waals surface area contributed by atoms with Crippen LogP contribution in [0, 0.1) is 11.8 Å². The number of carbonyl (C=O) groups excluding carboxylic acids is 2. The number of benzene rings is 1. The van der Waals surface area contributed by atoms with E-state index in [2.05, 4.69) is 17.6 Å². The molecule has 1 aromatic carbocycles. The van der Waals surface area contributed by atoms with E-state index in [1.54, 1.807) is 12.1 Å². The molecular weight excluding hydrogens is 482 g/mol. The van der Waals surface area contributed by atoms with Gasteiger partial charge in [0.25, 0.3) is 0 Å². The third-order valence-electron chi connectivity index (χ3n) is 7.25. The number of carbonyl (C=O) groups is 3. The number of likely N-dealkylation sites (tertiary alicyclic amines) is 1. The van der Waals surface area contributed by atoms with Crippen LogP contribution in [0.25, 0.3) is 0 Å². The highest BCUT2D eigenvalue weighted by Crippen LogP contribution is 2.23. The van der Waals surface area contributed by atoms with Crippen LogP contribution in [-0.2, 0) is 20.7 Å². The highest BCUT2D eigenvalue weighted by atomic mass is 16.6. The highest BCUT2D eigenvalue weighted by molar-refractivity contribution is 5.85. The molecule has 2 aliphatic heterocycles. The number of ether oxygens (including phenoxy) is 1. The van der Waals surface area contributed by atoms with Crippen LogP contribution in [0.3, 0.4) is 0 Å². The van der Waals surface area contributed by atoms with Crippen molar-refractivity contribution < 1.29 is 24.2 Å². The molecule has 1 atom stereocenters. The number of hydrogen-bond donors (Lipinski definition) is 3. The van der Waals surface area contributed by atoms with Crippen LogP contribution in [0.1, 0.15) is 84.6 Å². The Balaban J connectivity index is 0.000000423.